The number of rotatable bonds is 1. The summed E-state index contributed by atoms with van der Waals surface area (Å²) in [5.41, 5.74) is 1.25. The van der Waals surface area contributed by atoms with Crippen molar-refractivity contribution in [2.24, 2.45) is 0 Å². The zero-order valence-corrected chi connectivity index (χ0v) is 5.98. The molecular formula is C7H5N3O2. The number of aromatic amines is 1. The van der Waals surface area contributed by atoms with Crippen molar-refractivity contribution in [2.45, 2.75) is 0 Å². The number of fused-ring (bicyclic) bond motifs is 1. The number of aromatic carboxylic acids is 1. The maximum Gasteiger partial charge on any atom is 0.339 e. The van der Waals surface area contributed by atoms with Crippen molar-refractivity contribution in [1.82, 2.24) is 15.0 Å². The summed E-state index contributed by atoms with van der Waals surface area (Å²) in [6, 6.07) is 0. The molecule has 0 radical (unpaired) electrons. The van der Waals surface area contributed by atoms with Crippen LogP contribution in [-0.4, -0.2) is 26.0 Å². The third kappa shape index (κ3) is 0.833. The van der Waals surface area contributed by atoms with E-state index in [9.17, 15) is 4.79 Å². The summed E-state index contributed by atoms with van der Waals surface area (Å²) in [5, 5.41) is 8.69. The molecule has 0 spiro atoms. The highest BCUT2D eigenvalue weighted by Crippen LogP contribution is 2.12. The van der Waals surface area contributed by atoms with E-state index in [1.165, 1.54) is 18.7 Å². The highest BCUT2D eigenvalue weighted by atomic mass is 16.4. The van der Waals surface area contributed by atoms with Crippen LogP contribution in [0.25, 0.3) is 11.0 Å². The van der Waals surface area contributed by atoms with E-state index >= 15 is 0 Å². The second-order valence-corrected chi connectivity index (χ2v) is 2.29. The molecule has 0 bridgehead atoms. The van der Waals surface area contributed by atoms with Gasteiger partial charge in [0, 0.05) is 6.20 Å². The summed E-state index contributed by atoms with van der Waals surface area (Å²) in [6.07, 6.45) is 4.26. The number of hydrogen-bond acceptors (Lipinski definition) is 3. The van der Waals surface area contributed by atoms with Crippen LogP contribution in [0.1, 0.15) is 10.4 Å². The predicted octanol–water partition coefficient (Wildman–Crippen LogP) is 0.656. The fourth-order valence-corrected chi connectivity index (χ4v) is 1.03. The summed E-state index contributed by atoms with van der Waals surface area (Å²) in [4.78, 5) is 20.9. The smallest absolute Gasteiger partial charge is 0.339 e. The van der Waals surface area contributed by atoms with Gasteiger partial charge in [0.25, 0.3) is 0 Å². The molecule has 0 unspecified atom stereocenters. The van der Waals surface area contributed by atoms with E-state index in [0.29, 0.717) is 11.0 Å². The minimum atomic E-state index is -0.986. The number of nitrogens with one attached hydrogen (secondary N) is 1. The van der Waals surface area contributed by atoms with Crippen molar-refractivity contribution in [3.8, 4) is 0 Å². The van der Waals surface area contributed by atoms with E-state index in [1.54, 1.807) is 0 Å². The van der Waals surface area contributed by atoms with Gasteiger partial charge in [-0.25, -0.2) is 14.8 Å². The third-order valence-electron chi connectivity index (χ3n) is 1.57. The van der Waals surface area contributed by atoms with E-state index in [2.05, 4.69) is 15.0 Å². The van der Waals surface area contributed by atoms with Crippen LogP contribution in [0.3, 0.4) is 0 Å². The lowest BCUT2D eigenvalue weighted by Gasteiger charge is -1.88. The molecule has 0 atom stereocenters. The van der Waals surface area contributed by atoms with Crippen LogP contribution in [0.5, 0.6) is 0 Å². The van der Waals surface area contributed by atoms with Gasteiger partial charge in [-0.15, -0.1) is 0 Å². The topological polar surface area (TPSA) is 78.9 Å². The van der Waals surface area contributed by atoms with Gasteiger partial charge in [0.15, 0.2) is 0 Å². The Hall–Kier alpha value is -1.91. The number of H-pyrrole nitrogens is 1. The Morgan fingerprint density at radius 3 is 3.17 bits per heavy atom. The number of nitrogens with zero attached hydrogens (tertiary/aromatic N) is 2. The van der Waals surface area contributed by atoms with E-state index in [1.807, 2.05) is 0 Å². The van der Waals surface area contributed by atoms with Crippen molar-refractivity contribution in [3.05, 3.63) is 24.3 Å². The van der Waals surface area contributed by atoms with Crippen LogP contribution in [0.2, 0.25) is 0 Å². The van der Waals surface area contributed by atoms with Crippen molar-refractivity contribution in [3.63, 3.8) is 0 Å². The van der Waals surface area contributed by atoms with Crippen LogP contribution >= 0.6 is 0 Å². The molecule has 0 aliphatic heterocycles. The Kier molecular flexibility index (Phi) is 1.30. The Balaban J connectivity index is 2.79. The number of carboxylic acids is 1. The van der Waals surface area contributed by atoms with Crippen molar-refractivity contribution < 1.29 is 9.90 Å². The number of carbonyl (C=O) groups is 1. The second kappa shape index (κ2) is 2.30. The van der Waals surface area contributed by atoms with E-state index < -0.39 is 5.97 Å². The van der Waals surface area contributed by atoms with E-state index in [0.717, 1.165) is 0 Å². The number of aromatic nitrogens is 3. The molecule has 60 valence electrons. The monoisotopic (exact) mass is 163 g/mol. The van der Waals surface area contributed by atoms with Gasteiger partial charge in [-0.3, -0.25) is 0 Å². The highest BCUT2D eigenvalue weighted by Gasteiger charge is 2.10. The van der Waals surface area contributed by atoms with Gasteiger partial charge in [0.1, 0.15) is 17.4 Å². The Labute approximate surface area is 67.1 Å². The lowest BCUT2D eigenvalue weighted by molar-refractivity contribution is 0.0699. The summed E-state index contributed by atoms with van der Waals surface area (Å²) < 4.78 is 0. The molecular weight excluding hydrogens is 158 g/mol. The van der Waals surface area contributed by atoms with Gasteiger partial charge in [-0.1, -0.05) is 0 Å². The first-order chi connectivity index (χ1) is 5.79. The first-order valence-corrected chi connectivity index (χ1v) is 3.29. The van der Waals surface area contributed by atoms with Gasteiger partial charge < -0.3 is 10.1 Å². The molecule has 2 rings (SSSR count). The molecule has 2 aromatic rings. The maximum atomic E-state index is 10.6. The van der Waals surface area contributed by atoms with Gasteiger partial charge >= 0.3 is 5.97 Å². The Bertz CT molecular complexity index is 435. The van der Waals surface area contributed by atoms with Crippen LogP contribution in [0.15, 0.2) is 18.7 Å². The zero-order chi connectivity index (χ0) is 8.55. The number of hydrogen-bond donors (Lipinski definition) is 2. The molecule has 0 aliphatic carbocycles. The minimum absolute atomic E-state index is 0.174. The van der Waals surface area contributed by atoms with Crippen LogP contribution in [0, 0.1) is 0 Å². The second-order valence-electron chi connectivity index (χ2n) is 2.29. The van der Waals surface area contributed by atoms with Crippen LogP contribution in [-0.2, 0) is 0 Å². The Morgan fingerprint density at radius 1 is 1.58 bits per heavy atom. The lowest BCUT2D eigenvalue weighted by Crippen LogP contribution is -1.94. The molecule has 2 N–H and O–H groups in total. The maximum absolute atomic E-state index is 10.6. The normalized spacial score (nSPS) is 10.3. The average molecular weight is 163 g/mol. The SMILES string of the molecule is O=C(O)c1c[nH]c2cncnc12. The first-order valence-electron chi connectivity index (χ1n) is 3.29. The standard InChI is InChI=1S/C7H5N3O2/c11-7(12)4-1-9-5-2-8-3-10-6(4)5/h1-3,9H,(H,11,12). The summed E-state index contributed by atoms with van der Waals surface area (Å²) >= 11 is 0. The van der Waals surface area contributed by atoms with Crippen LogP contribution in [0.4, 0.5) is 0 Å². The molecule has 0 aromatic carbocycles. The average Bonchev–Trinajstić information content (AvgIpc) is 2.47. The largest absolute Gasteiger partial charge is 0.478 e. The van der Waals surface area contributed by atoms with Crippen molar-refractivity contribution >= 4 is 17.0 Å². The molecule has 0 fully saturated rings. The quantitative estimate of drug-likeness (QED) is 0.647. The lowest BCUT2D eigenvalue weighted by atomic mass is 10.3. The van der Waals surface area contributed by atoms with Gasteiger partial charge in [0.05, 0.1) is 11.7 Å². The fraction of sp³-hybridized carbons (Fsp3) is 0. The van der Waals surface area contributed by atoms with Gasteiger partial charge in [0.2, 0.25) is 0 Å². The predicted molar refractivity (Wildman–Crippen MR) is 40.8 cm³/mol. The summed E-state index contributed by atoms with van der Waals surface area (Å²) in [7, 11) is 0. The molecule has 5 nitrogen and oxygen atoms in total. The summed E-state index contributed by atoms with van der Waals surface area (Å²) in [6.45, 7) is 0. The minimum Gasteiger partial charge on any atom is -0.478 e. The molecule has 12 heavy (non-hydrogen) atoms. The first kappa shape index (κ1) is 6.78. The molecule has 5 heteroatoms. The van der Waals surface area contributed by atoms with Crippen molar-refractivity contribution in [1.29, 1.82) is 0 Å². The molecule has 0 amide bonds. The molecule has 2 aromatic heterocycles. The molecule has 2 heterocycles. The molecule has 0 saturated carbocycles. The van der Waals surface area contributed by atoms with Crippen molar-refractivity contribution in [2.75, 3.05) is 0 Å². The third-order valence-corrected chi connectivity index (χ3v) is 1.57. The number of carboxylic acid groups (broad SMARTS) is 1. The zero-order valence-electron chi connectivity index (χ0n) is 5.98. The van der Waals surface area contributed by atoms with Gasteiger partial charge in [-0.2, -0.15) is 0 Å². The Morgan fingerprint density at radius 2 is 2.42 bits per heavy atom. The van der Waals surface area contributed by atoms with Crippen LogP contribution < -0.4 is 0 Å². The van der Waals surface area contributed by atoms with E-state index in [4.69, 9.17) is 5.11 Å². The van der Waals surface area contributed by atoms with Gasteiger partial charge in [-0.05, 0) is 0 Å². The summed E-state index contributed by atoms with van der Waals surface area (Å²) in [5.74, 6) is -0.986. The fourth-order valence-electron chi connectivity index (χ4n) is 1.03. The molecule has 0 saturated heterocycles. The molecule has 0 aliphatic rings. The highest BCUT2D eigenvalue weighted by molar-refractivity contribution is 6.00. The van der Waals surface area contributed by atoms with E-state index in [-0.39, 0.29) is 5.56 Å².